The van der Waals surface area contributed by atoms with Gasteiger partial charge in [-0.2, -0.15) is 0 Å². The van der Waals surface area contributed by atoms with Gasteiger partial charge < -0.3 is 0 Å². The molecule has 0 bridgehead atoms. The van der Waals surface area contributed by atoms with Crippen LogP contribution in [-0.4, -0.2) is 0 Å². The van der Waals surface area contributed by atoms with Crippen molar-refractivity contribution in [2.45, 2.75) is 12.8 Å². The lowest BCUT2D eigenvalue weighted by Gasteiger charge is -2.03. The van der Waals surface area contributed by atoms with Crippen LogP contribution >= 0.6 is 27.5 Å². The standard InChI is InChI=1S/C8H7BrClF/c1-5-6(4-10)2-7(9)3-8(5)11/h2-3H,4H2,1H3. The van der Waals surface area contributed by atoms with E-state index in [9.17, 15) is 4.39 Å². The minimum absolute atomic E-state index is 0.213. The summed E-state index contributed by atoms with van der Waals surface area (Å²) in [5.41, 5.74) is 1.46. The highest BCUT2D eigenvalue weighted by Gasteiger charge is 2.03. The van der Waals surface area contributed by atoms with E-state index >= 15 is 0 Å². The molecule has 60 valence electrons. The molecule has 0 atom stereocenters. The summed E-state index contributed by atoms with van der Waals surface area (Å²) in [6, 6.07) is 3.26. The maximum absolute atomic E-state index is 12.9. The number of hydrogen-bond donors (Lipinski definition) is 0. The van der Waals surface area contributed by atoms with Gasteiger partial charge in [0.05, 0.1) is 0 Å². The fraction of sp³-hybridized carbons (Fsp3) is 0.250. The number of hydrogen-bond acceptors (Lipinski definition) is 0. The van der Waals surface area contributed by atoms with Crippen molar-refractivity contribution < 1.29 is 4.39 Å². The highest BCUT2D eigenvalue weighted by Crippen LogP contribution is 2.20. The molecule has 0 saturated carbocycles. The lowest BCUT2D eigenvalue weighted by Crippen LogP contribution is -1.89. The Kier molecular flexibility index (Phi) is 2.90. The Morgan fingerprint density at radius 3 is 2.73 bits per heavy atom. The van der Waals surface area contributed by atoms with E-state index in [0.717, 1.165) is 10.0 Å². The molecule has 0 spiro atoms. The Morgan fingerprint density at radius 1 is 1.55 bits per heavy atom. The topological polar surface area (TPSA) is 0 Å². The van der Waals surface area contributed by atoms with Crippen molar-refractivity contribution in [3.63, 3.8) is 0 Å². The first-order chi connectivity index (χ1) is 5.15. The van der Waals surface area contributed by atoms with Crippen LogP contribution in [0.1, 0.15) is 11.1 Å². The van der Waals surface area contributed by atoms with E-state index in [2.05, 4.69) is 15.9 Å². The van der Waals surface area contributed by atoms with E-state index in [0.29, 0.717) is 11.4 Å². The first kappa shape index (κ1) is 9.01. The highest BCUT2D eigenvalue weighted by atomic mass is 79.9. The molecule has 0 aliphatic rings. The molecule has 3 heteroatoms. The van der Waals surface area contributed by atoms with Crippen LogP contribution in [0.15, 0.2) is 16.6 Å². The molecule has 0 aromatic heterocycles. The van der Waals surface area contributed by atoms with Crippen LogP contribution in [0, 0.1) is 12.7 Å². The summed E-state index contributed by atoms with van der Waals surface area (Å²) < 4.78 is 13.7. The zero-order valence-corrected chi connectivity index (χ0v) is 8.34. The van der Waals surface area contributed by atoms with E-state index in [4.69, 9.17) is 11.6 Å². The lowest BCUT2D eigenvalue weighted by molar-refractivity contribution is 0.615. The first-order valence-corrected chi connectivity index (χ1v) is 4.48. The third kappa shape index (κ3) is 1.94. The smallest absolute Gasteiger partial charge is 0.127 e. The lowest BCUT2D eigenvalue weighted by atomic mass is 10.1. The zero-order chi connectivity index (χ0) is 8.43. The Balaban J connectivity index is 3.24. The normalized spacial score (nSPS) is 10.2. The molecule has 11 heavy (non-hydrogen) atoms. The van der Waals surface area contributed by atoms with Gasteiger partial charge in [-0.25, -0.2) is 4.39 Å². The summed E-state index contributed by atoms with van der Waals surface area (Å²) in [6.45, 7) is 1.72. The number of halogens is 3. The Bertz CT molecular complexity index is 273. The van der Waals surface area contributed by atoms with Crippen LogP contribution in [0.25, 0.3) is 0 Å². The van der Waals surface area contributed by atoms with Gasteiger partial charge in [-0.3, -0.25) is 0 Å². The van der Waals surface area contributed by atoms with Crippen LogP contribution in [0.4, 0.5) is 4.39 Å². The molecule has 0 radical (unpaired) electrons. The van der Waals surface area contributed by atoms with E-state index < -0.39 is 0 Å². The van der Waals surface area contributed by atoms with Crippen LogP contribution < -0.4 is 0 Å². The molecule has 0 heterocycles. The van der Waals surface area contributed by atoms with Gasteiger partial charge in [0.2, 0.25) is 0 Å². The van der Waals surface area contributed by atoms with Crippen molar-refractivity contribution in [3.05, 3.63) is 33.5 Å². The second-order valence-corrected chi connectivity index (χ2v) is 3.49. The number of alkyl halides is 1. The summed E-state index contributed by atoms with van der Waals surface area (Å²) in [5, 5.41) is 0. The van der Waals surface area contributed by atoms with Crippen molar-refractivity contribution in [2.75, 3.05) is 0 Å². The minimum Gasteiger partial charge on any atom is -0.207 e. The van der Waals surface area contributed by atoms with Gasteiger partial charge in [-0.1, -0.05) is 15.9 Å². The molecule has 0 fully saturated rings. The largest absolute Gasteiger partial charge is 0.207 e. The average Bonchev–Trinajstić information content (AvgIpc) is 1.96. The number of benzene rings is 1. The average molecular weight is 237 g/mol. The summed E-state index contributed by atoms with van der Waals surface area (Å²) >= 11 is 8.78. The van der Waals surface area contributed by atoms with Crippen LogP contribution in [0.5, 0.6) is 0 Å². The second-order valence-electron chi connectivity index (χ2n) is 2.31. The molecule has 0 N–H and O–H groups in total. The van der Waals surface area contributed by atoms with Crippen molar-refractivity contribution in [1.29, 1.82) is 0 Å². The van der Waals surface area contributed by atoms with Crippen molar-refractivity contribution in [2.24, 2.45) is 0 Å². The SMILES string of the molecule is Cc1c(F)cc(Br)cc1CCl. The maximum atomic E-state index is 12.9. The summed E-state index contributed by atoms with van der Waals surface area (Å²) in [7, 11) is 0. The molecule has 0 aliphatic heterocycles. The van der Waals surface area contributed by atoms with Crippen LogP contribution in [0.2, 0.25) is 0 Å². The summed E-state index contributed by atoms with van der Waals surface area (Å²) in [4.78, 5) is 0. The quantitative estimate of drug-likeness (QED) is 0.654. The zero-order valence-electron chi connectivity index (χ0n) is 6.00. The molecular formula is C8H7BrClF. The minimum atomic E-state index is -0.213. The predicted molar refractivity (Wildman–Crippen MR) is 48.4 cm³/mol. The van der Waals surface area contributed by atoms with Gasteiger partial charge in [-0.15, -0.1) is 11.6 Å². The monoisotopic (exact) mass is 236 g/mol. The third-order valence-electron chi connectivity index (χ3n) is 1.56. The van der Waals surface area contributed by atoms with E-state index in [1.807, 2.05) is 6.07 Å². The summed E-state index contributed by atoms with van der Waals surface area (Å²) in [5.74, 6) is 0.136. The number of rotatable bonds is 1. The molecule has 1 aromatic carbocycles. The molecule has 0 amide bonds. The van der Waals surface area contributed by atoms with Gasteiger partial charge in [-0.05, 0) is 30.2 Å². The van der Waals surface area contributed by atoms with Crippen molar-refractivity contribution in [3.8, 4) is 0 Å². The Labute approximate surface area is 78.5 Å². The van der Waals surface area contributed by atoms with Crippen LogP contribution in [0.3, 0.4) is 0 Å². The highest BCUT2D eigenvalue weighted by molar-refractivity contribution is 9.10. The van der Waals surface area contributed by atoms with Gasteiger partial charge >= 0.3 is 0 Å². The Morgan fingerprint density at radius 2 is 2.18 bits per heavy atom. The Hall–Kier alpha value is -0.0800. The molecule has 0 unspecified atom stereocenters. The predicted octanol–water partition coefficient (Wildman–Crippen LogP) is 3.64. The van der Waals surface area contributed by atoms with E-state index in [-0.39, 0.29) is 5.82 Å². The molecule has 0 nitrogen and oxygen atoms in total. The van der Waals surface area contributed by atoms with E-state index in [1.165, 1.54) is 6.07 Å². The van der Waals surface area contributed by atoms with Gasteiger partial charge in [0, 0.05) is 10.4 Å². The van der Waals surface area contributed by atoms with Gasteiger partial charge in [0.1, 0.15) is 5.82 Å². The van der Waals surface area contributed by atoms with Crippen LogP contribution in [-0.2, 0) is 5.88 Å². The molecular weight excluding hydrogens is 230 g/mol. The molecule has 0 saturated heterocycles. The van der Waals surface area contributed by atoms with Gasteiger partial charge in [0.25, 0.3) is 0 Å². The maximum Gasteiger partial charge on any atom is 0.127 e. The van der Waals surface area contributed by atoms with E-state index in [1.54, 1.807) is 6.92 Å². The molecule has 0 aliphatic carbocycles. The fourth-order valence-corrected chi connectivity index (χ4v) is 1.59. The second kappa shape index (κ2) is 3.55. The molecule has 1 aromatic rings. The first-order valence-electron chi connectivity index (χ1n) is 3.15. The van der Waals surface area contributed by atoms with Gasteiger partial charge in [0.15, 0.2) is 0 Å². The van der Waals surface area contributed by atoms with Crippen molar-refractivity contribution in [1.82, 2.24) is 0 Å². The summed E-state index contributed by atoms with van der Waals surface area (Å²) in [6.07, 6.45) is 0. The molecule has 1 rings (SSSR count). The fourth-order valence-electron chi connectivity index (χ4n) is 0.838. The van der Waals surface area contributed by atoms with Crippen molar-refractivity contribution >= 4 is 27.5 Å². The third-order valence-corrected chi connectivity index (χ3v) is 2.31.